The van der Waals surface area contributed by atoms with Crippen molar-refractivity contribution in [3.63, 3.8) is 0 Å². The molecule has 2 aliphatic rings. The summed E-state index contributed by atoms with van der Waals surface area (Å²) in [5.41, 5.74) is 1.32. The number of nitro groups is 1. The minimum Gasteiger partial charge on any atom is -0.454 e. The molecule has 2 fully saturated rings. The predicted octanol–water partition coefficient (Wildman–Crippen LogP) is 4.71. The highest BCUT2D eigenvalue weighted by Crippen LogP contribution is 2.45. The number of imide groups is 1. The zero-order valence-electron chi connectivity index (χ0n) is 20.3. The summed E-state index contributed by atoms with van der Waals surface area (Å²) in [7, 11) is 0. The number of Topliss-reactive ketones (excluding diaryl/α,β-unsaturated/α-hetero) is 1. The molecule has 1 aliphatic carbocycles. The molecule has 1 heterocycles. The third-order valence-corrected chi connectivity index (χ3v) is 7.25. The molecule has 0 spiro atoms. The number of nitro benzene ring substituents is 1. The normalized spacial score (nSPS) is 20.6. The number of carbonyl (C=O) groups excluding carboxylic acids is 4. The second-order valence-electron chi connectivity index (χ2n) is 9.50. The Morgan fingerprint density at radius 1 is 0.868 bits per heavy atom. The number of non-ortho nitro benzene ring substituents is 1. The van der Waals surface area contributed by atoms with Crippen LogP contribution in [0.2, 0.25) is 0 Å². The van der Waals surface area contributed by atoms with Crippen molar-refractivity contribution >= 4 is 34.9 Å². The zero-order valence-corrected chi connectivity index (χ0v) is 20.3. The minimum atomic E-state index is -0.814. The molecule has 1 saturated heterocycles. The predicted molar refractivity (Wildman–Crippen MR) is 137 cm³/mol. The van der Waals surface area contributed by atoms with E-state index < -0.39 is 29.2 Å². The number of rotatable bonds is 7. The summed E-state index contributed by atoms with van der Waals surface area (Å²) in [5.74, 6) is -2.54. The van der Waals surface area contributed by atoms with Crippen molar-refractivity contribution in [2.45, 2.75) is 25.2 Å². The molecule has 3 aromatic carbocycles. The fourth-order valence-electron chi connectivity index (χ4n) is 5.32. The van der Waals surface area contributed by atoms with Crippen LogP contribution in [0.5, 0.6) is 0 Å². The summed E-state index contributed by atoms with van der Waals surface area (Å²) in [6.07, 6.45) is 2.03. The second-order valence-corrected chi connectivity index (χ2v) is 9.50. The monoisotopic (exact) mass is 512 g/mol. The summed E-state index contributed by atoms with van der Waals surface area (Å²) >= 11 is 0. The molecule has 3 unspecified atom stereocenters. The van der Waals surface area contributed by atoms with Crippen molar-refractivity contribution in [2.75, 3.05) is 11.5 Å². The highest BCUT2D eigenvalue weighted by atomic mass is 16.6. The third-order valence-electron chi connectivity index (χ3n) is 7.25. The van der Waals surface area contributed by atoms with Gasteiger partial charge in [0.25, 0.3) is 5.69 Å². The van der Waals surface area contributed by atoms with Crippen LogP contribution in [0.4, 0.5) is 11.4 Å². The molecule has 38 heavy (non-hydrogen) atoms. The van der Waals surface area contributed by atoms with Crippen LogP contribution in [0.15, 0.2) is 78.9 Å². The van der Waals surface area contributed by atoms with Gasteiger partial charge in [0.05, 0.1) is 28.0 Å². The minimum absolute atomic E-state index is 0.0467. The maximum atomic E-state index is 13.4. The van der Waals surface area contributed by atoms with Crippen molar-refractivity contribution in [1.82, 2.24) is 0 Å². The van der Waals surface area contributed by atoms with E-state index >= 15 is 0 Å². The highest BCUT2D eigenvalue weighted by molar-refractivity contribution is 6.22. The smallest absolute Gasteiger partial charge is 0.338 e. The average Bonchev–Trinajstić information content (AvgIpc) is 3.20. The Morgan fingerprint density at radius 2 is 1.58 bits per heavy atom. The number of carbonyl (C=O) groups is 4. The molecule has 3 aromatic rings. The maximum Gasteiger partial charge on any atom is 0.338 e. The van der Waals surface area contributed by atoms with E-state index in [1.54, 1.807) is 12.1 Å². The van der Waals surface area contributed by atoms with Crippen molar-refractivity contribution in [2.24, 2.45) is 11.8 Å². The summed E-state index contributed by atoms with van der Waals surface area (Å²) in [6, 6.07) is 21.1. The van der Waals surface area contributed by atoms with Gasteiger partial charge in [-0.05, 0) is 48.9 Å². The summed E-state index contributed by atoms with van der Waals surface area (Å²) < 4.78 is 5.13. The number of ether oxygens (including phenoxy) is 1. The number of benzene rings is 3. The lowest BCUT2D eigenvalue weighted by molar-refractivity contribution is -0.384. The Hall–Kier alpha value is -4.66. The van der Waals surface area contributed by atoms with Crippen LogP contribution in [-0.4, -0.2) is 35.1 Å². The standard InChI is InChI=1S/C29H24N2O7/c32-26(20-8-4-11-23(14-20)31(36)37)17-38-29(35)21-9-5-10-22(15-21)30-27(33)24-13-12-19(16-25(24)28(30)34)18-6-2-1-3-7-18/h1-11,14-15,19,24-25H,12-13,16-17H2. The van der Waals surface area contributed by atoms with E-state index in [4.69, 9.17) is 4.74 Å². The Bertz CT molecular complexity index is 1440. The van der Waals surface area contributed by atoms with Gasteiger partial charge in [0.1, 0.15) is 0 Å². The number of hydrogen-bond donors (Lipinski definition) is 0. The van der Waals surface area contributed by atoms with Crippen LogP contribution in [-0.2, 0) is 14.3 Å². The molecule has 2 amide bonds. The molecule has 0 radical (unpaired) electrons. The molecular formula is C29H24N2O7. The van der Waals surface area contributed by atoms with Crippen molar-refractivity contribution in [1.29, 1.82) is 0 Å². The Kier molecular flexibility index (Phi) is 6.83. The summed E-state index contributed by atoms with van der Waals surface area (Å²) in [4.78, 5) is 63.1. The maximum absolute atomic E-state index is 13.4. The quantitative estimate of drug-likeness (QED) is 0.148. The number of fused-ring (bicyclic) bond motifs is 1. The van der Waals surface area contributed by atoms with E-state index in [0.717, 1.165) is 23.0 Å². The molecule has 1 aliphatic heterocycles. The lowest BCUT2D eigenvalue weighted by Crippen LogP contribution is -2.31. The zero-order chi connectivity index (χ0) is 26.8. The van der Waals surface area contributed by atoms with Gasteiger partial charge in [-0.25, -0.2) is 4.79 Å². The van der Waals surface area contributed by atoms with E-state index in [2.05, 4.69) is 0 Å². The molecule has 0 aromatic heterocycles. The van der Waals surface area contributed by atoms with Crippen LogP contribution in [0.3, 0.4) is 0 Å². The van der Waals surface area contributed by atoms with Crippen LogP contribution in [0.25, 0.3) is 0 Å². The third kappa shape index (κ3) is 4.82. The van der Waals surface area contributed by atoms with E-state index in [1.165, 1.54) is 30.3 Å². The van der Waals surface area contributed by atoms with Gasteiger partial charge in [-0.3, -0.25) is 29.4 Å². The largest absolute Gasteiger partial charge is 0.454 e. The van der Waals surface area contributed by atoms with Gasteiger partial charge in [0, 0.05) is 17.7 Å². The lowest BCUT2D eigenvalue weighted by atomic mass is 9.73. The van der Waals surface area contributed by atoms with Gasteiger partial charge in [-0.1, -0.05) is 48.5 Å². The molecule has 192 valence electrons. The van der Waals surface area contributed by atoms with Crippen molar-refractivity contribution in [3.05, 3.63) is 106 Å². The molecule has 5 rings (SSSR count). The topological polar surface area (TPSA) is 124 Å². The van der Waals surface area contributed by atoms with Crippen molar-refractivity contribution in [3.8, 4) is 0 Å². The molecule has 0 N–H and O–H groups in total. The fraction of sp³-hybridized carbons (Fsp3) is 0.241. The van der Waals surface area contributed by atoms with Gasteiger partial charge in [0.2, 0.25) is 17.6 Å². The first kappa shape index (κ1) is 25.0. The van der Waals surface area contributed by atoms with Crippen LogP contribution in [0.1, 0.15) is 51.5 Å². The number of amides is 2. The number of anilines is 1. The van der Waals surface area contributed by atoms with E-state index in [1.807, 2.05) is 30.3 Å². The average molecular weight is 513 g/mol. The first-order chi connectivity index (χ1) is 18.3. The molecule has 9 nitrogen and oxygen atoms in total. The molecule has 9 heteroatoms. The lowest BCUT2D eigenvalue weighted by Gasteiger charge is -2.28. The van der Waals surface area contributed by atoms with E-state index in [-0.39, 0.29) is 46.2 Å². The Labute approximate surface area is 218 Å². The Morgan fingerprint density at radius 3 is 2.34 bits per heavy atom. The van der Waals surface area contributed by atoms with Gasteiger partial charge < -0.3 is 4.74 Å². The first-order valence-electron chi connectivity index (χ1n) is 12.3. The van der Waals surface area contributed by atoms with E-state index in [9.17, 15) is 29.3 Å². The van der Waals surface area contributed by atoms with Gasteiger partial charge >= 0.3 is 5.97 Å². The van der Waals surface area contributed by atoms with Crippen LogP contribution >= 0.6 is 0 Å². The molecule has 3 atom stereocenters. The highest BCUT2D eigenvalue weighted by Gasteiger charge is 2.50. The molecule has 0 bridgehead atoms. The van der Waals surface area contributed by atoms with Gasteiger partial charge in [-0.15, -0.1) is 0 Å². The molecule has 1 saturated carbocycles. The second kappa shape index (κ2) is 10.4. The summed E-state index contributed by atoms with van der Waals surface area (Å²) in [6.45, 7) is -0.614. The number of hydrogen-bond acceptors (Lipinski definition) is 7. The fourth-order valence-corrected chi connectivity index (χ4v) is 5.32. The van der Waals surface area contributed by atoms with Gasteiger partial charge in [-0.2, -0.15) is 0 Å². The van der Waals surface area contributed by atoms with Crippen molar-refractivity contribution < 1.29 is 28.8 Å². The number of esters is 1. The SMILES string of the molecule is O=C(COC(=O)c1cccc(N2C(=O)C3CCC(c4ccccc4)CC3C2=O)c1)c1cccc([N+](=O)[O-])c1. The van der Waals surface area contributed by atoms with E-state index in [0.29, 0.717) is 12.8 Å². The van der Waals surface area contributed by atoms with Crippen LogP contribution in [0, 0.1) is 22.0 Å². The molecular weight excluding hydrogens is 488 g/mol. The summed E-state index contributed by atoms with van der Waals surface area (Å²) in [5, 5.41) is 10.9. The Balaban J connectivity index is 1.27. The van der Waals surface area contributed by atoms with Crippen LogP contribution < -0.4 is 4.90 Å². The first-order valence-corrected chi connectivity index (χ1v) is 12.3. The van der Waals surface area contributed by atoms with Gasteiger partial charge in [0.15, 0.2) is 6.61 Å². The number of nitrogens with zero attached hydrogens (tertiary/aromatic N) is 2. The number of ketones is 1.